The zero-order chi connectivity index (χ0) is 16.4. The van der Waals surface area contributed by atoms with Crippen LogP contribution < -0.4 is 0 Å². The van der Waals surface area contributed by atoms with Crippen molar-refractivity contribution in [3.05, 3.63) is 90.1 Å². The largest absolute Gasteiger partial charge is 0.236 e. The molecule has 0 bridgehead atoms. The molecular weight excluding hydrogens is 317 g/mol. The number of aromatic nitrogens is 1. The number of halogens is 1. The second kappa shape index (κ2) is 6.38. The molecule has 0 unspecified atom stereocenters. The Hall–Kier alpha value is -2.78. The average molecular weight is 331 g/mol. The van der Waals surface area contributed by atoms with Crippen molar-refractivity contribution < 1.29 is 4.39 Å². The van der Waals surface area contributed by atoms with Gasteiger partial charge in [0, 0.05) is 16.5 Å². The minimum atomic E-state index is -0.224. The Morgan fingerprint density at radius 3 is 2.12 bits per heavy atom. The predicted molar refractivity (Wildman–Crippen MR) is 98.4 cm³/mol. The van der Waals surface area contributed by atoms with E-state index in [1.165, 1.54) is 6.07 Å². The van der Waals surface area contributed by atoms with Crippen LogP contribution in [0, 0.1) is 5.82 Å². The number of benzene rings is 3. The van der Waals surface area contributed by atoms with E-state index in [0.717, 1.165) is 33.0 Å². The molecule has 24 heavy (non-hydrogen) atoms. The van der Waals surface area contributed by atoms with Gasteiger partial charge in [0.2, 0.25) is 0 Å². The lowest BCUT2D eigenvalue weighted by molar-refractivity contribution is 0.628. The Morgan fingerprint density at radius 2 is 1.33 bits per heavy atom. The van der Waals surface area contributed by atoms with Gasteiger partial charge in [0.25, 0.3) is 0 Å². The normalized spacial score (nSPS) is 10.7. The zero-order valence-corrected chi connectivity index (χ0v) is 13.6. The van der Waals surface area contributed by atoms with E-state index in [0.29, 0.717) is 0 Å². The summed E-state index contributed by atoms with van der Waals surface area (Å²) in [5, 5.41) is 3.06. The van der Waals surface area contributed by atoms with Crippen molar-refractivity contribution in [3.63, 3.8) is 0 Å². The number of rotatable bonds is 3. The molecule has 1 nitrogen and oxygen atoms in total. The first-order valence-corrected chi connectivity index (χ1v) is 8.55. The highest BCUT2D eigenvalue weighted by Crippen LogP contribution is 2.31. The van der Waals surface area contributed by atoms with Gasteiger partial charge in [-0.05, 0) is 29.3 Å². The van der Waals surface area contributed by atoms with Crippen molar-refractivity contribution >= 4 is 11.3 Å². The topological polar surface area (TPSA) is 12.9 Å². The van der Waals surface area contributed by atoms with Crippen molar-refractivity contribution in [1.82, 2.24) is 4.98 Å². The van der Waals surface area contributed by atoms with Crippen molar-refractivity contribution in [3.8, 4) is 33.0 Å². The Morgan fingerprint density at radius 1 is 0.667 bits per heavy atom. The molecule has 0 saturated carbocycles. The summed E-state index contributed by atoms with van der Waals surface area (Å²) < 4.78 is 13.5. The summed E-state index contributed by atoms with van der Waals surface area (Å²) in [5.41, 5.74) is 4.96. The highest BCUT2D eigenvalue weighted by molar-refractivity contribution is 7.13. The summed E-state index contributed by atoms with van der Waals surface area (Å²) in [6.07, 6.45) is 0. The van der Waals surface area contributed by atoms with E-state index in [2.05, 4.69) is 23.6 Å². The van der Waals surface area contributed by atoms with Crippen LogP contribution in [0.15, 0.2) is 84.2 Å². The lowest BCUT2D eigenvalue weighted by Gasteiger charge is -2.04. The van der Waals surface area contributed by atoms with Crippen LogP contribution in [0.3, 0.4) is 0 Å². The lowest BCUT2D eigenvalue weighted by atomic mass is 10.0. The van der Waals surface area contributed by atoms with Crippen molar-refractivity contribution in [2.75, 3.05) is 0 Å². The maximum absolute atomic E-state index is 13.5. The van der Waals surface area contributed by atoms with Gasteiger partial charge < -0.3 is 0 Å². The Balaban J connectivity index is 1.71. The van der Waals surface area contributed by atoms with Gasteiger partial charge in [0.1, 0.15) is 10.8 Å². The number of nitrogens with zero attached hydrogens (tertiary/aromatic N) is 1. The molecule has 0 aliphatic heterocycles. The zero-order valence-electron chi connectivity index (χ0n) is 12.8. The first kappa shape index (κ1) is 14.8. The molecule has 0 saturated heterocycles. The van der Waals surface area contributed by atoms with Crippen LogP contribution in [0.1, 0.15) is 0 Å². The third kappa shape index (κ3) is 2.99. The van der Waals surface area contributed by atoms with Gasteiger partial charge in [-0.25, -0.2) is 9.37 Å². The minimum absolute atomic E-state index is 0.224. The smallest absolute Gasteiger partial charge is 0.124 e. The summed E-state index contributed by atoms with van der Waals surface area (Å²) in [5.74, 6) is -0.224. The van der Waals surface area contributed by atoms with Gasteiger partial charge in [-0.3, -0.25) is 0 Å². The van der Waals surface area contributed by atoms with Crippen LogP contribution in [-0.4, -0.2) is 4.98 Å². The van der Waals surface area contributed by atoms with Crippen LogP contribution in [0.25, 0.3) is 33.0 Å². The SMILES string of the molecule is Fc1cccc(-c2cccc(-c3csc(-c4ccccc4)n3)c2)c1. The summed E-state index contributed by atoms with van der Waals surface area (Å²) >= 11 is 1.63. The molecule has 0 amide bonds. The second-order valence-electron chi connectivity index (χ2n) is 5.50. The van der Waals surface area contributed by atoms with Crippen molar-refractivity contribution in [2.24, 2.45) is 0 Å². The lowest BCUT2D eigenvalue weighted by Crippen LogP contribution is -1.83. The van der Waals surface area contributed by atoms with Gasteiger partial charge >= 0.3 is 0 Å². The highest BCUT2D eigenvalue weighted by atomic mass is 32.1. The quantitative estimate of drug-likeness (QED) is 0.430. The van der Waals surface area contributed by atoms with Gasteiger partial charge in [-0.2, -0.15) is 0 Å². The average Bonchev–Trinajstić information content (AvgIpc) is 3.13. The maximum atomic E-state index is 13.5. The number of thiazole rings is 1. The van der Waals surface area contributed by atoms with Crippen LogP contribution >= 0.6 is 11.3 Å². The molecule has 3 heteroatoms. The molecule has 0 radical (unpaired) electrons. The number of hydrogen-bond acceptors (Lipinski definition) is 2. The fourth-order valence-electron chi connectivity index (χ4n) is 2.65. The molecule has 0 aliphatic carbocycles. The molecule has 0 spiro atoms. The van der Waals surface area contributed by atoms with Crippen LogP contribution in [0.4, 0.5) is 4.39 Å². The monoisotopic (exact) mass is 331 g/mol. The van der Waals surface area contributed by atoms with Gasteiger partial charge in [-0.1, -0.05) is 60.7 Å². The van der Waals surface area contributed by atoms with Crippen LogP contribution in [0.5, 0.6) is 0 Å². The molecule has 0 aliphatic rings. The number of hydrogen-bond donors (Lipinski definition) is 0. The Bertz CT molecular complexity index is 976. The first-order valence-electron chi connectivity index (χ1n) is 7.67. The predicted octanol–water partition coefficient (Wildman–Crippen LogP) is 6.28. The van der Waals surface area contributed by atoms with Crippen molar-refractivity contribution in [2.45, 2.75) is 0 Å². The van der Waals surface area contributed by atoms with E-state index >= 15 is 0 Å². The molecule has 116 valence electrons. The van der Waals surface area contributed by atoms with Gasteiger partial charge in [0.15, 0.2) is 0 Å². The van der Waals surface area contributed by atoms with Gasteiger partial charge in [-0.15, -0.1) is 11.3 Å². The van der Waals surface area contributed by atoms with E-state index in [4.69, 9.17) is 4.98 Å². The standard InChI is InChI=1S/C21H14FNS/c22-19-11-5-9-17(13-19)16-8-4-10-18(12-16)20-14-24-21(23-20)15-6-2-1-3-7-15/h1-14H. The molecule has 1 aromatic heterocycles. The van der Waals surface area contributed by atoms with E-state index in [9.17, 15) is 4.39 Å². The summed E-state index contributed by atoms with van der Waals surface area (Å²) in [6.45, 7) is 0. The molecular formula is C21H14FNS. The summed E-state index contributed by atoms with van der Waals surface area (Å²) in [6, 6.07) is 24.9. The molecule has 0 N–H and O–H groups in total. The van der Waals surface area contributed by atoms with E-state index in [-0.39, 0.29) is 5.82 Å². The molecule has 0 fully saturated rings. The Kier molecular flexibility index (Phi) is 3.93. The highest BCUT2D eigenvalue weighted by Gasteiger charge is 2.08. The summed E-state index contributed by atoms with van der Waals surface area (Å²) in [4.78, 5) is 4.75. The maximum Gasteiger partial charge on any atom is 0.124 e. The molecule has 4 aromatic rings. The molecule has 0 atom stereocenters. The van der Waals surface area contributed by atoms with Gasteiger partial charge in [0.05, 0.1) is 5.69 Å². The van der Waals surface area contributed by atoms with E-state index in [1.54, 1.807) is 23.5 Å². The summed E-state index contributed by atoms with van der Waals surface area (Å²) in [7, 11) is 0. The third-order valence-corrected chi connectivity index (χ3v) is 4.73. The second-order valence-corrected chi connectivity index (χ2v) is 6.35. The third-order valence-electron chi connectivity index (χ3n) is 3.84. The van der Waals surface area contributed by atoms with Crippen LogP contribution in [0.2, 0.25) is 0 Å². The van der Waals surface area contributed by atoms with E-state index < -0.39 is 0 Å². The molecule has 3 aromatic carbocycles. The van der Waals surface area contributed by atoms with Crippen molar-refractivity contribution in [1.29, 1.82) is 0 Å². The minimum Gasteiger partial charge on any atom is -0.236 e. The fourth-order valence-corrected chi connectivity index (χ4v) is 3.48. The fraction of sp³-hybridized carbons (Fsp3) is 0. The molecule has 1 heterocycles. The van der Waals surface area contributed by atoms with Crippen LogP contribution in [-0.2, 0) is 0 Å². The van der Waals surface area contributed by atoms with E-state index in [1.807, 2.05) is 42.5 Å². The first-order chi connectivity index (χ1) is 11.8. The Labute approximate surface area is 144 Å². The molecule has 4 rings (SSSR count).